The normalized spacial score (nSPS) is 18.6. The summed E-state index contributed by atoms with van der Waals surface area (Å²) >= 11 is 1.95. The van der Waals surface area contributed by atoms with Crippen LogP contribution in [-0.2, 0) is 6.42 Å². The van der Waals surface area contributed by atoms with Gasteiger partial charge in [0.2, 0.25) is 0 Å². The third kappa shape index (κ3) is 3.99. The van der Waals surface area contributed by atoms with Gasteiger partial charge in [-0.1, -0.05) is 12.5 Å². The van der Waals surface area contributed by atoms with E-state index in [1.807, 2.05) is 18.0 Å². The molecule has 100 valence electrons. The maximum absolute atomic E-state index is 4.56. The van der Waals surface area contributed by atoms with Crippen molar-refractivity contribution in [3.8, 4) is 0 Å². The number of aryl methyl sites for hydroxylation is 1. The van der Waals surface area contributed by atoms with Crippen LogP contribution in [0.4, 0.5) is 0 Å². The SMILES string of the molecule is CSCCCCCNC1CCCc2cccnc21. The van der Waals surface area contributed by atoms with Gasteiger partial charge in [-0.3, -0.25) is 4.98 Å². The predicted octanol–water partition coefficient (Wildman–Crippen LogP) is 3.58. The van der Waals surface area contributed by atoms with E-state index in [-0.39, 0.29) is 0 Å². The van der Waals surface area contributed by atoms with Gasteiger partial charge < -0.3 is 5.32 Å². The summed E-state index contributed by atoms with van der Waals surface area (Å²) in [6.07, 6.45) is 11.8. The zero-order chi connectivity index (χ0) is 12.6. The zero-order valence-electron chi connectivity index (χ0n) is 11.3. The van der Waals surface area contributed by atoms with E-state index in [9.17, 15) is 0 Å². The number of nitrogens with one attached hydrogen (secondary N) is 1. The second-order valence-corrected chi connectivity index (χ2v) is 5.99. The fourth-order valence-electron chi connectivity index (χ4n) is 2.63. The summed E-state index contributed by atoms with van der Waals surface area (Å²) < 4.78 is 0. The molecule has 1 atom stereocenters. The lowest BCUT2D eigenvalue weighted by molar-refractivity contribution is 0.441. The molecule has 0 aromatic carbocycles. The standard InChI is InChI=1S/C15H24N2S/c1-18-12-4-2-3-10-16-14-9-5-7-13-8-6-11-17-15(13)14/h6,8,11,14,16H,2-5,7,9-10,12H2,1H3. The number of thioether (sulfide) groups is 1. The minimum Gasteiger partial charge on any atom is -0.309 e. The third-order valence-corrected chi connectivity index (χ3v) is 4.31. The largest absolute Gasteiger partial charge is 0.309 e. The highest BCUT2D eigenvalue weighted by Crippen LogP contribution is 2.27. The highest BCUT2D eigenvalue weighted by Gasteiger charge is 2.19. The maximum Gasteiger partial charge on any atom is 0.0605 e. The number of unbranched alkanes of at least 4 members (excludes halogenated alkanes) is 2. The Bertz CT molecular complexity index is 354. The molecule has 0 amide bonds. The van der Waals surface area contributed by atoms with E-state index < -0.39 is 0 Å². The predicted molar refractivity (Wildman–Crippen MR) is 80.2 cm³/mol. The van der Waals surface area contributed by atoms with Crippen molar-refractivity contribution < 1.29 is 0 Å². The number of aromatic nitrogens is 1. The van der Waals surface area contributed by atoms with Crippen molar-refractivity contribution in [1.82, 2.24) is 10.3 Å². The van der Waals surface area contributed by atoms with Gasteiger partial charge >= 0.3 is 0 Å². The van der Waals surface area contributed by atoms with E-state index in [0.29, 0.717) is 6.04 Å². The maximum atomic E-state index is 4.56. The summed E-state index contributed by atoms with van der Waals surface area (Å²) in [5.41, 5.74) is 2.75. The molecule has 18 heavy (non-hydrogen) atoms. The second-order valence-electron chi connectivity index (χ2n) is 5.00. The van der Waals surface area contributed by atoms with Crippen LogP contribution in [0.5, 0.6) is 0 Å². The van der Waals surface area contributed by atoms with Crippen LogP contribution in [0.3, 0.4) is 0 Å². The highest BCUT2D eigenvalue weighted by atomic mass is 32.2. The molecule has 1 heterocycles. The topological polar surface area (TPSA) is 24.9 Å². The van der Waals surface area contributed by atoms with Crippen molar-refractivity contribution >= 4 is 11.8 Å². The number of pyridine rings is 1. The average Bonchev–Trinajstić information content (AvgIpc) is 2.43. The molecule has 0 saturated heterocycles. The van der Waals surface area contributed by atoms with Crippen molar-refractivity contribution in [2.45, 2.75) is 44.6 Å². The van der Waals surface area contributed by atoms with Crippen LogP contribution in [-0.4, -0.2) is 23.5 Å². The van der Waals surface area contributed by atoms with Crippen LogP contribution in [0.25, 0.3) is 0 Å². The van der Waals surface area contributed by atoms with Gasteiger partial charge in [-0.05, 0) is 62.3 Å². The Morgan fingerprint density at radius 2 is 2.33 bits per heavy atom. The molecule has 0 bridgehead atoms. The summed E-state index contributed by atoms with van der Waals surface area (Å²) in [4.78, 5) is 4.56. The molecule has 2 rings (SSSR count). The van der Waals surface area contributed by atoms with Gasteiger partial charge in [-0.15, -0.1) is 0 Å². The number of nitrogens with zero attached hydrogens (tertiary/aromatic N) is 1. The molecule has 1 unspecified atom stereocenters. The molecule has 1 N–H and O–H groups in total. The Labute approximate surface area is 115 Å². The number of hydrogen-bond acceptors (Lipinski definition) is 3. The van der Waals surface area contributed by atoms with Crippen LogP contribution in [0.15, 0.2) is 18.3 Å². The van der Waals surface area contributed by atoms with Crippen LogP contribution in [0, 0.1) is 0 Å². The van der Waals surface area contributed by atoms with Crippen LogP contribution in [0.1, 0.15) is 49.4 Å². The number of rotatable bonds is 7. The van der Waals surface area contributed by atoms with Crippen molar-refractivity contribution in [2.24, 2.45) is 0 Å². The fraction of sp³-hybridized carbons (Fsp3) is 0.667. The van der Waals surface area contributed by atoms with E-state index in [2.05, 4.69) is 28.7 Å². The van der Waals surface area contributed by atoms with Crippen LogP contribution in [0.2, 0.25) is 0 Å². The average molecular weight is 264 g/mol. The Kier molecular flexibility index (Phi) is 6.01. The lowest BCUT2D eigenvalue weighted by Gasteiger charge is -2.25. The summed E-state index contributed by atoms with van der Waals surface area (Å²) in [6.45, 7) is 1.13. The monoisotopic (exact) mass is 264 g/mol. The van der Waals surface area contributed by atoms with Crippen molar-refractivity contribution in [1.29, 1.82) is 0 Å². The molecule has 0 saturated carbocycles. The lowest BCUT2D eigenvalue weighted by atomic mass is 9.92. The molecule has 0 aliphatic heterocycles. The Morgan fingerprint density at radius 1 is 1.39 bits per heavy atom. The van der Waals surface area contributed by atoms with Crippen molar-refractivity contribution in [2.75, 3.05) is 18.6 Å². The van der Waals surface area contributed by atoms with Crippen molar-refractivity contribution in [3.63, 3.8) is 0 Å². The van der Waals surface area contributed by atoms with Crippen LogP contribution < -0.4 is 5.32 Å². The Hall–Kier alpha value is -0.540. The quantitative estimate of drug-likeness (QED) is 0.762. The molecule has 0 radical (unpaired) electrons. The van der Waals surface area contributed by atoms with Gasteiger partial charge in [0.1, 0.15) is 0 Å². The summed E-state index contributed by atoms with van der Waals surface area (Å²) in [6, 6.07) is 4.79. The third-order valence-electron chi connectivity index (χ3n) is 3.61. The molecular weight excluding hydrogens is 240 g/mol. The second kappa shape index (κ2) is 7.80. The fourth-order valence-corrected chi connectivity index (χ4v) is 3.13. The summed E-state index contributed by atoms with van der Waals surface area (Å²) in [5.74, 6) is 1.30. The summed E-state index contributed by atoms with van der Waals surface area (Å²) in [5, 5.41) is 3.69. The lowest BCUT2D eigenvalue weighted by Crippen LogP contribution is -2.27. The van der Waals surface area contributed by atoms with E-state index >= 15 is 0 Å². The summed E-state index contributed by atoms with van der Waals surface area (Å²) in [7, 11) is 0. The minimum atomic E-state index is 0.496. The number of fused-ring (bicyclic) bond motifs is 1. The van der Waals surface area contributed by atoms with Crippen molar-refractivity contribution in [3.05, 3.63) is 29.6 Å². The highest BCUT2D eigenvalue weighted by molar-refractivity contribution is 7.98. The Morgan fingerprint density at radius 3 is 3.22 bits per heavy atom. The van der Waals surface area contributed by atoms with Gasteiger partial charge in [-0.25, -0.2) is 0 Å². The molecule has 1 aliphatic carbocycles. The van der Waals surface area contributed by atoms with E-state index in [4.69, 9.17) is 0 Å². The molecular formula is C15H24N2S. The molecule has 3 heteroatoms. The molecule has 1 aliphatic rings. The van der Waals surface area contributed by atoms with Gasteiger partial charge in [0, 0.05) is 12.2 Å². The minimum absolute atomic E-state index is 0.496. The van der Waals surface area contributed by atoms with Gasteiger partial charge in [-0.2, -0.15) is 11.8 Å². The van der Waals surface area contributed by atoms with Gasteiger partial charge in [0.05, 0.1) is 5.69 Å². The van der Waals surface area contributed by atoms with Crippen LogP contribution >= 0.6 is 11.8 Å². The zero-order valence-corrected chi connectivity index (χ0v) is 12.1. The number of hydrogen-bond donors (Lipinski definition) is 1. The smallest absolute Gasteiger partial charge is 0.0605 e. The molecule has 2 nitrogen and oxygen atoms in total. The first-order chi connectivity index (χ1) is 8.92. The molecule has 0 spiro atoms. The molecule has 1 aromatic rings. The first-order valence-electron chi connectivity index (χ1n) is 7.08. The van der Waals surface area contributed by atoms with Gasteiger partial charge in [0.15, 0.2) is 0 Å². The molecule has 0 fully saturated rings. The van der Waals surface area contributed by atoms with E-state index in [1.165, 1.54) is 55.5 Å². The van der Waals surface area contributed by atoms with Gasteiger partial charge in [0.25, 0.3) is 0 Å². The van der Waals surface area contributed by atoms with E-state index in [0.717, 1.165) is 6.54 Å². The Balaban J connectivity index is 1.74. The molecule has 1 aromatic heterocycles. The first-order valence-corrected chi connectivity index (χ1v) is 8.47. The van der Waals surface area contributed by atoms with E-state index in [1.54, 1.807) is 0 Å². The first kappa shape index (κ1) is 13.9.